The third-order valence-electron chi connectivity index (χ3n) is 5.27. The quantitative estimate of drug-likeness (QED) is 0.489. The number of hydrogen-bond donors (Lipinski definition) is 0. The molecule has 29 heavy (non-hydrogen) atoms. The largest absolute Gasteiger partial charge is 0.338 e. The molecule has 4 heterocycles. The van der Waals surface area contributed by atoms with Gasteiger partial charge in [-0.25, -0.2) is 0 Å². The van der Waals surface area contributed by atoms with Crippen LogP contribution < -0.4 is 0 Å². The van der Waals surface area contributed by atoms with Gasteiger partial charge in [0.1, 0.15) is 0 Å². The van der Waals surface area contributed by atoms with Crippen LogP contribution in [0, 0.1) is 6.92 Å². The molecule has 0 unspecified atom stereocenters. The molecule has 0 radical (unpaired) electrons. The number of nitrogens with zero attached hydrogens (tertiary/aromatic N) is 4. The number of amides is 1. The molecule has 0 atom stereocenters. The van der Waals surface area contributed by atoms with Gasteiger partial charge in [0.15, 0.2) is 0 Å². The van der Waals surface area contributed by atoms with Crippen molar-refractivity contribution >= 4 is 38.7 Å². The lowest BCUT2D eigenvalue weighted by atomic mass is 10.1. The summed E-state index contributed by atoms with van der Waals surface area (Å²) in [6.45, 7) is 5.67. The molecule has 0 saturated carbocycles. The number of fused-ring (bicyclic) bond motifs is 1. The summed E-state index contributed by atoms with van der Waals surface area (Å²) in [5, 5.41) is 7.25. The fourth-order valence-corrected chi connectivity index (χ4v) is 5.47. The van der Waals surface area contributed by atoms with Crippen molar-refractivity contribution < 1.29 is 9.32 Å². The molecule has 1 amide bonds. The van der Waals surface area contributed by atoms with Crippen LogP contribution >= 0.6 is 22.7 Å². The van der Waals surface area contributed by atoms with Gasteiger partial charge in [-0.2, -0.15) is 4.98 Å². The second-order valence-corrected chi connectivity index (χ2v) is 9.11. The molecule has 0 N–H and O–H groups in total. The van der Waals surface area contributed by atoms with Crippen molar-refractivity contribution in [1.29, 1.82) is 0 Å². The van der Waals surface area contributed by atoms with Crippen LogP contribution in [-0.4, -0.2) is 52.0 Å². The first-order valence-electron chi connectivity index (χ1n) is 9.55. The van der Waals surface area contributed by atoms with Crippen LogP contribution in [0.15, 0.2) is 46.3 Å². The lowest BCUT2D eigenvalue weighted by Crippen LogP contribution is -2.48. The van der Waals surface area contributed by atoms with Crippen LogP contribution in [0.1, 0.15) is 21.1 Å². The van der Waals surface area contributed by atoms with Gasteiger partial charge in [-0.1, -0.05) is 29.4 Å². The Morgan fingerprint density at radius 2 is 1.97 bits per heavy atom. The van der Waals surface area contributed by atoms with Gasteiger partial charge in [-0.3, -0.25) is 9.69 Å². The highest BCUT2D eigenvalue weighted by atomic mass is 32.1. The summed E-state index contributed by atoms with van der Waals surface area (Å²) in [6, 6.07) is 12.2. The number of hydrogen-bond acceptors (Lipinski definition) is 7. The summed E-state index contributed by atoms with van der Waals surface area (Å²) in [5.74, 6) is 1.40. The molecule has 4 aromatic rings. The van der Waals surface area contributed by atoms with Crippen molar-refractivity contribution in [2.45, 2.75) is 13.5 Å². The van der Waals surface area contributed by atoms with E-state index in [1.807, 2.05) is 41.5 Å². The molecule has 0 aliphatic carbocycles. The average Bonchev–Trinajstić information content (AvgIpc) is 3.49. The Hall–Kier alpha value is -2.55. The van der Waals surface area contributed by atoms with Gasteiger partial charge in [0.25, 0.3) is 5.91 Å². The van der Waals surface area contributed by atoms with Crippen molar-refractivity contribution in [2.24, 2.45) is 0 Å². The topological polar surface area (TPSA) is 62.5 Å². The molecule has 0 spiro atoms. The molecular weight excluding hydrogens is 404 g/mol. The summed E-state index contributed by atoms with van der Waals surface area (Å²) in [7, 11) is 0. The van der Waals surface area contributed by atoms with Crippen LogP contribution in [0.5, 0.6) is 0 Å². The normalized spacial score (nSPS) is 15.3. The molecule has 8 heteroatoms. The Kier molecular flexibility index (Phi) is 4.91. The highest BCUT2D eigenvalue weighted by Crippen LogP contribution is 2.31. The molecule has 1 aliphatic rings. The molecule has 1 aliphatic heterocycles. The van der Waals surface area contributed by atoms with E-state index >= 15 is 0 Å². The van der Waals surface area contributed by atoms with Crippen molar-refractivity contribution in [3.63, 3.8) is 0 Å². The lowest BCUT2D eigenvalue weighted by molar-refractivity contribution is 0.0619. The SMILES string of the molecule is Cc1c(C(=O)N2CCN(Cc3nc(-c4cccs4)no3)CC2)sc2ccccc12. The van der Waals surface area contributed by atoms with Crippen molar-refractivity contribution in [2.75, 3.05) is 26.2 Å². The second kappa shape index (κ2) is 7.70. The van der Waals surface area contributed by atoms with E-state index in [0.29, 0.717) is 31.3 Å². The van der Waals surface area contributed by atoms with Gasteiger partial charge in [-0.05, 0) is 35.4 Å². The van der Waals surface area contributed by atoms with Crippen LogP contribution in [0.4, 0.5) is 0 Å². The minimum atomic E-state index is 0.140. The number of benzene rings is 1. The Morgan fingerprint density at radius 1 is 1.14 bits per heavy atom. The zero-order valence-electron chi connectivity index (χ0n) is 16.0. The number of aryl methyl sites for hydroxylation is 1. The summed E-state index contributed by atoms with van der Waals surface area (Å²) in [4.78, 5) is 23.6. The summed E-state index contributed by atoms with van der Waals surface area (Å²) < 4.78 is 6.58. The third-order valence-corrected chi connectivity index (χ3v) is 7.39. The van der Waals surface area contributed by atoms with Gasteiger partial charge in [-0.15, -0.1) is 22.7 Å². The average molecular weight is 425 g/mol. The van der Waals surface area contributed by atoms with E-state index in [4.69, 9.17) is 4.52 Å². The van der Waals surface area contributed by atoms with Crippen LogP contribution in [-0.2, 0) is 6.54 Å². The second-order valence-electron chi connectivity index (χ2n) is 7.11. The Bertz CT molecular complexity index is 1140. The number of thiophene rings is 2. The predicted molar refractivity (Wildman–Crippen MR) is 115 cm³/mol. The first kappa shape index (κ1) is 18.5. The molecule has 0 bridgehead atoms. The number of aromatic nitrogens is 2. The predicted octanol–water partition coefficient (Wildman–Crippen LogP) is 4.28. The monoisotopic (exact) mass is 424 g/mol. The zero-order valence-corrected chi connectivity index (χ0v) is 17.6. The van der Waals surface area contributed by atoms with Gasteiger partial charge in [0.05, 0.1) is 16.3 Å². The standard InChI is InChI=1S/C21H20N4O2S2/c1-14-15-5-2-3-6-16(15)29-19(14)21(26)25-10-8-24(9-11-25)13-18-22-20(23-27-18)17-7-4-12-28-17/h2-7,12H,8-11,13H2,1H3. The van der Waals surface area contributed by atoms with E-state index in [-0.39, 0.29) is 5.91 Å². The third kappa shape index (κ3) is 3.59. The highest BCUT2D eigenvalue weighted by Gasteiger charge is 2.26. The Balaban J connectivity index is 1.22. The first-order chi connectivity index (χ1) is 14.2. The van der Waals surface area contributed by atoms with Crippen LogP contribution in [0.2, 0.25) is 0 Å². The van der Waals surface area contributed by atoms with E-state index in [9.17, 15) is 4.79 Å². The van der Waals surface area contributed by atoms with Gasteiger partial charge >= 0.3 is 0 Å². The minimum absolute atomic E-state index is 0.140. The Labute approximate surface area is 176 Å². The van der Waals surface area contributed by atoms with E-state index in [0.717, 1.165) is 28.4 Å². The minimum Gasteiger partial charge on any atom is -0.338 e. The number of carbonyl (C=O) groups excluding carboxylic acids is 1. The molecule has 1 aromatic carbocycles. The lowest BCUT2D eigenvalue weighted by Gasteiger charge is -2.33. The Morgan fingerprint density at radius 3 is 2.72 bits per heavy atom. The van der Waals surface area contributed by atoms with Crippen LogP contribution in [0.3, 0.4) is 0 Å². The fourth-order valence-electron chi connectivity index (χ4n) is 3.65. The fraction of sp³-hybridized carbons (Fsp3) is 0.286. The van der Waals surface area contributed by atoms with Crippen LogP contribution in [0.25, 0.3) is 20.8 Å². The van der Waals surface area contributed by atoms with Gasteiger partial charge < -0.3 is 9.42 Å². The van der Waals surface area contributed by atoms with Gasteiger partial charge in [0, 0.05) is 30.9 Å². The molecule has 148 valence electrons. The maximum absolute atomic E-state index is 13.1. The van der Waals surface area contributed by atoms with Crippen molar-refractivity contribution in [3.8, 4) is 10.7 Å². The molecular formula is C21H20N4O2S2. The van der Waals surface area contributed by atoms with Crippen molar-refractivity contribution in [1.82, 2.24) is 19.9 Å². The van der Waals surface area contributed by atoms with Crippen molar-refractivity contribution in [3.05, 3.63) is 58.1 Å². The molecule has 1 saturated heterocycles. The summed E-state index contributed by atoms with van der Waals surface area (Å²) in [6.07, 6.45) is 0. The van der Waals surface area contributed by atoms with E-state index < -0.39 is 0 Å². The van der Waals surface area contributed by atoms with E-state index in [1.165, 1.54) is 10.1 Å². The highest BCUT2D eigenvalue weighted by molar-refractivity contribution is 7.21. The maximum atomic E-state index is 13.1. The first-order valence-corrected chi connectivity index (χ1v) is 11.2. The summed E-state index contributed by atoms with van der Waals surface area (Å²) >= 11 is 3.19. The summed E-state index contributed by atoms with van der Waals surface area (Å²) in [5.41, 5.74) is 1.09. The number of carbonyl (C=O) groups is 1. The molecule has 3 aromatic heterocycles. The number of rotatable bonds is 4. The number of piperazine rings is 1. The molecule has 5 rings (SSSR count). The molecule has 1 fully saturated rings. The maximum Gasteiger partial charge on any atom is 0.264 e. The smallest absolute Gasteiger partial charge is 0.264 e. The van der Waals surface area contributed by atoms with Gasteiger partial charge in [0.2, 0.25) is 11.7 Å². The van der Waals surface area contributed by atoms with E-state index in [1.54, 1.807) is 22.7 Å². The molecule has 6 nitrogen and oxygen atoms in total. The van der Waals surface area contributed by atoms with E-state index in [2.05, 4.69) is 27.2 Å². The zero-order chi connectivity index (χ0) is 19.8.